The SMILES string of the molecule is CC[C@H]1CN(c2ncc(C(=O)OC)nc2Cl)[C@H](C)CN1C1CCN(C(=O)OC(C)(C)C)CC1. The number of aromatic nitrogens is 2. The van der Waals surface area contributed by atoms with E-state index in [9.17, 15) is 9.59 Å². The van der Waals surface area contributed by atoms with Crippen LogP contribution in [0.25, 0.3) is 0 Å². The van der Waals surface area contributed by atoms with Gasteiger partial charge in [0.1, 0.15) is 5.60 Å². The number of ether oxygens (including phenoxy) is 2. The van der Waals surface area contributed by atoms with Crippen molar-refractivity contribution in [3.63, 3.8) is 0 Å². The number of piperidine rings is 1. The summed E-state index contributed by atoms with van der Waals surface area (Å²) in [6, 6.07) is 0.923. The molecule has 3 heterocycles. The zero-order valence-corrected chi connectivity index (χ0v) is 21.3. The third-order valence-electron chi connectivity index (χ3n) is 6.32. The highest BCUT2D eigenvalue weighted by Crippen LogP contribution is 2.31. The van der Waals surface area contributed by atoms with Crippen molar-refractivity contribution in [2.24, 2.45) is 0 Å². The molecule has 0 spiro atoms. The van der Waals surface area contributed by atoms with Crippen molar-refractivity contribution >= 4 is 29.5 Å². The highest BCUT2D eigenvalue weighted by molar-refractivity contribution is 6.31. The quantitative estimate of drug-likeness (QED) is 0.602. The summed E-state index contributed by atoms with van der Waals surface area (Å²) >= 11 is 6.41. The van der Waals surface area contributed by atoms with Gasteiger partial charge in [0.05, 0.1) is 13.3 Å². The van der Waals surface area contributed by atoms with E-state index in [2.05, 4.69) is 33.6 Å². The van der Waals surface area contributed by atoms with E-state index in [1.165, 1.54) is 13.3 Å². The van der Waals surface area contributed by atoms with E-state index in [0.717, 1.165) is 32.4 Å². The predicted molar refractivity (Wildman–Crippen MR) is 127 cm³/mol. The molecule has 184 valence electrons. The van der Waals surface area contributed by atoms with Crippen LogP contribution in [0.5, 0.6) is 0 Å². The lowest BCUT2D eigenvalue weighted by molar-refractivity contribution is 0.00756. The van der Waals surface area contributed by atoms with Gasteiger partial charge in [-0.25, -0.2) is 19.6 Å². The van der Waals surface area contributed by atoms with Gasteiger partial charge >= 0.3 is 12.1 Å². The molecule has 0 unspecified atom stereocenters. The van der Waals surface area contributed by atoms with Crippen molar-refractivity contribution in [1.82, 2.24) is 19.8 Å². The summed E-state index contributed by atoms with van der Waals surface area (Å²) in [7, 11) is 1.30. The maximum atomic E-state index is 12.4. The van der Waals surface area contributed by atoms with Crippen LogP contribution in [0.15, 0.2) is 6.20 Å². The lowest BCUT2D eigenvalue weighted by Gasteiger charge is -2.50. The fourth-order valence-electron chi connectivity index (χ4n) is 4.63. The molecule has 0 aromatic carbocycles. The van der Waals surface area contributed by atoms with Crippen molar-refractivity contribution in [1.29, 1.82) is 0 Å². The Bertz CT molecular complexity index is 854. The zero-order chi connectivity index (χ0) is 24.3. The minimum absolute atomic E-state index is 0.0985. The molecule has 0 radical (unpaired) electrons. The lowest BCUT2D eigenvalue weighted by Crippen LogP contribution is -2.62. The Morgan fingerprint density at radius 3 is 2.42 bits per heavy atom. The molecule has 2 aliphatic heterocycles. The van der Waals surface area contributed by atoms with Crippen LogP contribution in [0.2, 0.25) is 5.15 Å². The average molecular weight is 482 g/mol. The number of hydrogen-bond donors (Lipinski definition) is 0. The van der Waals surface area contributed by atoms with Gasteiger partial charge in [0.15, 0.2) is 16.7 Å². The molecule has 9 nitrogen and oxygen atoms in total. The van der Waals surface area contributed by atoms with Gasteiger partial charge in [0.25, 0.3) is 0 Å². The minimum atomic E-state index is -0.557. The van der Waals surface area contributed by atoms with E-state index in [-0.39, 0.29) is 23.0 Å². The van der Waals surface area contributed by atoms with Crippen LogP contribution < -0.4 is 4.90 Å². The highest BCUT2D eigenvalue weighted by Gasteiger charge is 2.38. The number of halogens is 1. The molecule has 3 rings (SSSR count). The van der Waals surface area contributed by atoms with Crippen LogP contribution >= 0.6 is 11.6 Å². The van der Waals surface area contributed by atoms with Gasteiger partial charge in [0, 0.05) is 44.3 Å². The van der Waals surface area contributed by atoms with Crippen molar-refractivity contribution < 1.29 is 19.1 Å². The maximum absolute atomic E-state index is 12.4. The Morgan fingerprint density at radius 1 is 1.21 bits per heavy atom. The van der Waals surface area contributed by atoms with Crippen LogP contribution in [0, 0.1) is 0 Å². The zero-order valence-electron chi connectivity index (χ0n) is 20.5. The Labute approximate surface area is 201 Å². The average Bonchev–Trinajstić information content (AvgIpc) is 2.77. The van der Waals surface area contributed by atoms with Gasteiger partial charge in [-0.2, -0.15) is 0 Å². The Morgan fingerprint density at radius 2 is 1.88 bits per heavy atom. The monoisotopic (exact) mass is 481 g/mol. The van der Waals surface area contributed by atoms with Gasteiger partial charge in [-0.15, -0.1) is 0 Å². The van der Waals surface area contributed by atoms with Crippen molar-refractivity contribution in [3.8, 4) is 0 Å². The number of amides is 1. The molecule has 2 aliphatic rings. The molecule has 33 heavy (non-hydrogen) atoms. The summed E-state index contributed by atoms with van der Waals surface area (Å²) in [4.78, 5) is 39.4. The second-order valence-corrected chi connectivity index (χ2v) is 10.2. The van der Waals surface area contributed by atoms with E-state index in [1.54, 1.807) is 0 Å². The van der Waals surface area contributed by atoms with Crippen molar-refractivity contribution in [2.45, 2.75) is 77.6 Å². The summed E-state index contributed by atoms with van der Waals surface area (Å²) in [5.41, 5.74) is -0.381. The normalized spacial score (nSPS) is 22.9. The van der Waals surface area contributed by atoms with Crippen LogP contribution in [0.3, 0.4) is 0 Å². The van der Waals surface area contributed by atoms with Gasteiger partial charge in [-0.1, -0.05) is 18.5 Å². The Kier molecular flexibility index (Phi) is 8.05. The number of anilines is 1. The molecular formula is C23H36ClN5O4. The third-order valence-corrected chi connectivity index (χ3v) is 6.57. The highest BCUT2D eigenvalue weighted by atomic mass is 35.5. The first kappa shape index (κ1) is 25.5. The number of hydrogen-bond acceptors (Lipinski definition) is 8. The standard InChI is InChI=1S/C23H36ClN5O4/c1-7-16-14-28(20-19(24)26-18(12-25-20)21(30)32-6)15(2)13-29(16)17-8-10-27(11-9-17)22(31)33-23(3,4)5/h12,15-17H,7-11,13-14H2,1-6H3/t15-,16+/m1/s1. The molecular weight excluding hydrogens is 446 g/mol. The fourth-order valence-corrected chi connectivity index (χ4v) is 4.88. The predicted octanol–water partition coefficient (Wildman–Crippen LogP) is 3.61. The number of carbonyl (C=O) groups excluding carboxylic acids is 2. The van der Waals surface area contributed by atoms with Gasteiger partial charge in [0.2, 0.25) is 0 Å². The summed E-state index contributed by atoms with van der Waals surface area (Å²) in [5.74, 6) is 0.0349. The third kappa shape index (κ3) is 6.06. The van der Waals surface area contributed by atoms with Crippen LogP contribution in [0.1, 0.15) is 64.4 Å². The number of esters is 1. The van der Waals surface area contributed by atoms with E-state index in [1.807, 2.05) is 25.7 Å². The molecule has 2 fully saturated rings. The largest absolute Gasteiger partial charge is 0.464 e. The van der Waals surface area contributed by atoms with Gasteiger partial charge in [-0.05, 0) is 47.0 Å². The maximum Gasteiger partial charge on any atom is 0.410 e. The van der Waals surface area contributed by atoms with Gasteiger partial charge in [-0.3, -0.25) is 4.90 Å². The van der Waals surface area contributed by atoms with E-state index < -0.39 is 11.6 Å². The number of nitrogens with zero attached hydrogens (tertiary/aromatic N) is 5. The molecule has 0 aliphatic carbocycles. The number of carbonyl (C=O) groups is 2. The molecule has 1 amide bonds. The smallest absolute Gasteiger partial charge is 0.410 e. The van der Waals surface area contributed by atoms with Crippen LogP contribution in [0.4, 0.5) is 10.6 Å². The molecule has 1 aromatic heterocycles. The number of likely N-dealkylation sites (tertiary alicyclic amines) is 1. The number of methoxy groups -OCH3 is 1. The van der Waals surface area contributed by atoms with Crippen LogP contribution in [-0.4, -0.2) is 88.8 Å². The lowest BCUT2D eigenvalue weighted by atomic mass is 9.96. The molecule has 1 aromatic rings. The van der Waals surface area contributed by atoms with Crippen molar-refractivity contribution in [3.05, 3.63) is 17.0 Å². The molecule has 2 atom stereocenters. The topological polar surface area (TPSA) is 88.1 Å². The molecule has 0 N–H and O–H groups in total. The van der Waals surface area contributed by atoms with Crippen LogP contribution in [-0.2, 0) is 9.47 Å². The molecule has 10 heteroatoms. The Hall–Kier alpha value is -2.13. The second kappa shape index (κ2) is 10.4. The fraction of sp³-hybridized carbons (Fsp3) is 0.739. The second-order valence-electron chi connectivity index (χ2n) is 9.82. The summed E-state index contributed by atoms with van der Waals surface area (Å²) in [5, 5.41) is 0.207. The molecule has 0 saturated carbocycles. The van der Waals surface area contributed by atoms with E-state index >= 15 is 0 Å². The first-order valence-corrected chi connectivity index (χ1v) is 12.0. The summed E-state index contributed by atoms with van der Waals surface area (Å²) < 4.78 is 10.2. The Balaban J connectivity index is 1.65. The number of rotatable bonds is 4. The number of piperazine rings is 1. The summed E-state index contributed by atoms with van der Waals surface area (Å²) in [6.45, 7) is 13.1. The van der Waals surface area contributed by atoms with Gasteiger partial charge < -0.3 is 19.3 Å². The first-order valence-electron chi connectivity index (χ1n) is 11.6. The van der Waals surface area contributed by atoms with E-state index in [4.69, 9.17) is 21.1 Å². The molecule has 0 bridgehead atoms. The van der Waals surface area contributed by atoms with Crippen molar-refractivity contribution in [2.75, 3.05) is 38.2 Å². The molecule has 2 saturated heterocycles. The minimum Gasteiger partial charge on any atom is -0.464 e. The van der Waals surface area contributed by atoms with E-state index in [0.29, 0.717) is 31.0 Å². The first-order chi connectivity index (χ1) is 15.5. The summed E-state index contributed by atoms with van der Waals surface area (Å²) in [6.07, 6.45) is 4.03.